The van der Waals surface area contributed by atoms with Crippen LogP contribution in [0.3, 0.4) is 0 Å². The smallest absolute Gasteiger partial charge is 0.407 e. The zero-order valence-corrected chi connectivity index (χ0v) is 36.1. The molecule has 17 heteroatoms. The van der Waals surface area contributed by atoms with Gasteiger partial charge in [-0.25, -0.2) is 24.5 Å². The summed E-state index contributed by atoms with van der Waals surface area (Å²) in [5, 5.41) is 14.6. The fraction of sp³-hybridized carbons (Fsp3) is 0.489. The molecule has 0 spiro atoms. The zero-order chi connectivity index (χ0) is 43.8. The predicted molar refractivity (Wildman–Crippen MR) is 232 cm³/mol. The van der Waals surface area contributed by atoms with Crippen molar-refractivity contribution in [3.05, 3.63) is 77.5 Å². The van der Waals surface area contributed by atoms with E-state index in [2.05, 4.69) is 54.8 Å². The number of carbonyl (C=O) groups excluding carboxylic acids is 3. The minimum atomic E-state index is -1.22. The van der Waals surface area contributed by atoms with Crippen LogP contribution in [0.15, 0.2) is 54.7 Å². The van der Waals surface area contributed by atoms with Crippen molar-refractivity contribution in [3.63, 3.8) is 0 Å². The molecule has 3 aliphatic rings. The molecule has 2 aromatic carbocycles. The number of likely N-dealkylation sites (tertiary alicyclic amines) is 2. The molecule has 8 rings (SSSR count). The molecule has 62 heavy (non-hydrogen) atoms. The molecule has 0 bridgehead atoms. The lowest BCUT2D eigenvalue weighted by Gasteiger charge is -2.33. The highest BCUT2D eigenvalue weighted by molar-refractivity contribution is 5.87. The van der Waals surface area contributed by atoms with Gasteiger partial charge in [0.1, 0.15) is 23.7 Å². The molecule has 328 valence electrons. The van der Waals surface area contributed by atoms with Crippen LogP contribution in [0.1, 0.15) is 113 Å². The first-order valence-electron chi connectivity index (χ1n) is 21.6. The number of H-pyrrole nitrogens is 2. The Morgan fingerprint density at radius 1 is 0.710 bits per heavy atom. The topological polar surface area (TPSA) is 211 Å². The van der Waals surface area contributed by atoms with Gasteiger partial charge in [-0.1, -0.05) is 39.8 Å². The number of nitrogens with zero attached hydrogens (tertiary/aromatic N) is 6. The minimum Gasteiger partial charge on any atom is -0.481 e. The third kappa shape index (κ3) is 8.19. The van der Waals surface area contributed by atoms with Crippen LogP contribution in [0.4, 0.5) is 15.3 Å². The van der Waals surface area contributed by atoms with Gasteiger partial charge in [-0.2, -0.15) is 0 Å². The predicted octanol–water partition coefficient (Wildman–Crippen LogP) is 6.93. The summed E-state index contributed by atoms with van der Waals surface area (Å²) < 4.78 is 10.2. The van der Waals surface area contributed by atoms with Gasteiger partial charge in [0, 0.05) is 19.2 Å². The lowest BCUT2D eigenvalue weighted by Crippen LogP contribution is -2.51. The van der Waals surface area contributed by atoms with Gasteiger partial charge >= 0.3 is 12.2 Å². The first-order valence-corrected chi connectivity index (χ1v) is 21.6. The van der Waals surface area contributed by atoms with E-state index in [1.165, 1.54) is 7.11 Å². The van der Waals surface area contributed by atoms with Crippen molar-refractivity contribution in [3.8, 4) is 5.88 Å². The van der Waals surface area contributed by atoms with Crippen molar-refractivity contribution >= 4 is 51.8 Å². The van der Waals surface area contributed by atoms with Crippen LogP contribution in [-0.4, -0.2) is 103 Å². The number of anilines is 1. The van der Waals surface area contributed by atoms with Crippen LogP contribution in [0.5, 0.6) is 5.88 Å². The molecule has 17 nitrogen and oxygen atoms in total. The van der Waals surface area contributed by atoms with Crippen LogP contribution in [-0.2, 0) is 14.3 Å². The molecule has 6 atom stereocenters. The van der Waals surface area contributed by atoms with E-state index in [1.807, 2.05) is 63.1 Å². The normalized spacial score (nSPS) is 21.3. The Morgan fingerprint density at radius 2 is 1.23 bits per heavy atom. The van der Waals surface area contributed by atoms with Gasteiger partial charge in [0.15, 0.2) is 0 Å². The van der Waals surface area contributed by atoms with Gasteiger partial charge in [-0.3, -0.25) is 9.59 Å². The summed E-state index contributed by atoms with van der Waals surface area (Å²) >= 11 is 0. The molecule has 3 saturated heterocycles. The Labute approximate surface area is 360 Å². The van der Waals surface area contributed by atoms with Crippen LogP contribution in [0, 0.1) is 11.8 Å². The molecule has 4 amide bonds. The first-order chi connectivity index (χ1) is 29.8. The van der Waals surface area contributed by atoms with E-state index in [9.17, 15) is 24.3 Å². The second-order valence-corrected chi connectivity index (χ2v) is 17.3. The Morgan fingerprint density at radius 3 is 1.66 bits per heavy atom. The van der Waals surface area contributed by atoms with Crippen molar-refractivity contribution in [1.82, 2.24) is 45.4 Å². The monoisotopic (exact) mass is 848 g/mol. The maximum atomic E-state index is 13.8. The van der Waals surface area contributed by atoms with Crippen LogP contribution < -0.4 is 20.3 Å². The van der Waals surface area contributed by atoms with E-state index in [1.54, 1.807) is 12.0 Å². The molecular weight excluding hydrogens is 793 g/mol. The Balaban J connectivity index is 1.07. The summed E-state index contributed by atoms with van der Waals surface area (Å²) in [4.78, 5) is 78.8. The maximum absolute atomic E-state index is 13.8. The van der Waals surface area contributed by atoms with Gasteiger partial charge in [0.25, 0.3) is 0 Å². The molecule has 3 fully saturated rings. The number of ether oxygens (including phenoxy) is 2. The van der Waals surface area contributed by atoms with E-state index in [-0.39, 0.29) is 47.8 Å². The van der Waals surface area contributed by atoms with Crippen molar-refractivity contribution in [2.24, 2.45) is 11.8 Å². The molecule has 5 N–H and O–H groups in total. The van der Waals surface area contributed by atoms with Crippen LogP contribution >= 0.6 is 0 Å². The van der Waals surface area contributed by atoms with Gasteiger partial charge < -0.3 is 49.9 Å². The highest BCUT2D eigenvalue weighted by Crippen LogP contribution is 2.48. The average Bonchev–Trinajstić information content (AvgIpc) is 4.12. The molecule has 5 aromatic rings. The number of pyridine rings is 1. The number of aromatic nitrogens is 5. The van der Waals surface area contributed by atoms with E-state index in [0.717, 1.165) is 83.2 Å². The summed E-state index contributed by atoms with van der Waals surface area (Å²) in [6, 6.07) is 14.4. The van der Waals surface area contributed by atoms with Crippen LogP contribution in [0.2, 0.25) is 0 Å². The third-order valence-corrected chi connectivity index (χ3v) is 12.7. The van der Waals surface area contributed by atoms with Crippen molar-refractivity contribution in [2.45, 2.75) is 102 Å². The van der Waals surface area contributed by atoms with E-state index in [4.69, 9.17) is 19.4 Å². The van der Waals surface area contributed by atoms with E-state index < -0.39 is 24.3 Å². The maximum Gasteiger partial charge on any atom is 0.407 e. The second kappa shape index (κ2) is 17.5. The van der Waals surface area contributed by atoms with Gasteiger partial charge in [-0.05, 0) is 91.8 Å². The Kier molecular flexibility index (Phi) is 12.0. The lowest BCUT2D eigenvalue weighted by molar-refractivity contribution is -0.136. The SMILES string of the molecule is COC(=O)N[C@H](C(=O)N1CCC[C@H]1c1nc2ccc([C@H]3CC[C@H](c4ccc5nc([C@@H]6CCCN6C(=O)[C@@H](NC(=O)O)C(C)C)[nH]c5c4)N3c3ccc(OC)nc3)cc2[nH]1)C(C)C. The molecule has 0 saturated carbocycles. The van der Waals surface area contributed by atoms with Crippen molar-refractivity contribution in [1.29, 1.82) is 0 Å². The van der Waals surface area contributed by atoms with Gasteiger partial charge in [0.2, 0.25) is 17.7 Å². The van der Waals surface area contributed by atoms with E-state index in [0.29, 0.717) is 24.8 Å². The number of hydrogen-bond acceptors (Lipinski definition) is 10. The number of rotatable bonds is 12. The number of carboxylic acid groups (broad SMARTS) is 1. The molecule has 3 aromatic heterocycles. The number of carbonyl (C=O) groups is 4. The Hall–Kier alpha value is -6.39. The highest BCUT2D eigenvalue weighted by Gasteiger charge is 2.40. The molecule has 0 radical (unpaired) electrons. The number of amides is 4. The lowest BCUT2D eigenvalue weighted by atomic mass is 10.0. The number of hydrogen-bond donors (Lipinski definition) is 5. The second-order valence-electron chi connectivity index (χ2n) is 17.3. The number of aromatic amines is 2. The number of alkyl carbamates (subject to hydrolysis) is 1. The summed E-state index contributed by atoms with van der Waals surface area (Å²) in [5.41, 5.74) is 6.51. The summed E-state index contributed by atoms with van der Waals surface area (Å²) in [5.74, 6) is 1.20. The van der Waals surface area contributed by atoms with Gasteiger partial charge in [0.05, 0.1) is 72.3 Å². The Bertz CT molecular complexity index is 2450. The number of imidazole rings is 2. The average molecular weight is 849 g/mol. The number of methoxy groups -OCH3 is 2. The number of benzene rings is 2. The molecule has 6 heterocycles. The molecule has 3 aliphatic heterocycles. The zero-order valence-electron chi connectivity index (χ0n) is 36.1. The standard InChI is InChI=1S/C45H56N10O7/c1-24(2)38(51-44(58)59)42(56)53-19-7-9-35(53)40-47-29-14-11-26(21-31(29)49-40)33-16-17-34(55(33)28-13-18-37(61-5)46-23-28)27-12-15-30-32(22-27)50-41(48-30)36-10-8-20-54(36)43(57)39(25(3)4)52-45(60)62-6/h11-15,18,21-25,33-36,38-39,51H,7-10,16-17,19-20H2,1-6H3,(H,47,49)(H,48,50)(H,52,60)(H,58,59)/t33-,34-,35+,36+,38+,39+/m1/s1. The number of nitrogens with one attached hydrogen (secondary N) is 4. The van der Waals surface area contributed by atoms with E-state index >= 15 is 0 Å². The first kappa shape index (κ1) is 42.3. The van der Waals surface area contributed by atoms with Crippen LogP contribution in [0.25, 0.3) is 22.1 Å². The number of fused-ring (bicyclic) bond motifs is 2. The molecular formula is C45H56N10O7. The van der Waals surface area contributed by atoms with Crippen molar-refractivity contribution < 1.29 is 33.8 Å². The summed E-state index contributed by atoms with van der Waals surface area (Å²) in [7, 11) is 2.89. The molecule has 0 unspecified atom stereocenters. The fourth-order valence-electron chi connectivity index (χ4n) is 9.63. The molecule has 0 aliphatic carbocycles. The summed E-state index contributed by atoms with van der Waals surface area (Å²) in [6.45, 7) is 8.58. The highest BCUT2D eigenvalue weighted by atomic mass is 16.5. The minimum absolute atomic E-state index is 0.00787. The quantitative estimate of drug-likeness (QED) is 0.0869. The van der Waals surface area contributed by atoms with Crippen molar-refractivity contribution in [2.75, 3.05) is 32.2 Å². The fourth-order valence-corrected chi connectivity index (χ4v) is 9.63. The third-order valence-electron chi connectivity index (χ3n) is 12.7. The van der Waals surface area contributed by atoms with Gasteiger partial charge in [-0.15, -0.1) is 0 Å². The largest absolute Gasteiger partial charge is 0.481 e. The summed E-state index contributed by atoms with van der Waals surface area (Å²) in [6.07, 6.45) is 4.83.